The molecule has 1 nitrogen and oxygen atoms in total. The molecule has 0 N–H and O–H groups in total. The lowest BCUT2D eigenvalue weighted by Crippen LogP contribution is -1.79. The zero-order valence-electron chi connectivity index (χ0n) is 10.5. The van der Waals surface area contributed by atoms with Crippen LogP contribution < -0.4 is 0 Å². The van der Waals surface area contributed by atoms with Gasteiger partial charge in [0.2, 0.25) is 0 Å². The van der Waals surface area contributed by atoms with Crippen LogP contribution in [0.5, 0.6) is 0 Å². The molecule has 2 aromatic carbocycles. The molecule has 2 aromatic heterocycles. The summed E-state index contributed by atoms with van der Waals surface area (Å²) in [6.07, 6.45) is 0.979. The Balaban J connectivity index is 2.14. The maximum Gasteiger partial charge on any atom is 0.160 e. The standard InChI is InChI=1S/C17H10OS2/c18-9-16-17(12-6-2-4-8-15(12)20-16)13-10-19-14-7-3-1-5-11(13)14/h1-10H. The van der Waals surface area contributed by atoms with E-state index in [1.54, 1.807) is 22.7 Å². The Morgan fingerprint density at radius 3 is 2.35 bits per heavy atom. The highest BCUT2D eigenvalue weighted by Gasteiger charge is 2.16. The fourth-order valence-electron chi connectivity index (χ4n) is 2.60. The minimum Gasteiger partial charge on any atom is -0.297 e. The van der Waals surface area contributed by atoms with Gasteiger partial charge in [-0.05, 0) is 17.5 Å². The third-order valence-electron chi connectivity index (χ3n) is 3.48. The van der Waals surface area contributed by atoms with Crippen molar-refractivity contribution in [3.8, 4) is 11.1 Å². The number of rotatable bonds is 2. The normalized spacial score (nSPS) is 11.2. The summed E-state index contributed by atoms with van der Waals surface area (Å²) in [5, 5.41) is 4.55. The van der Waals surface area contributed by atoms with Crippen LogP contribution in [0.3, 0.4) is 0 Å². The van der Waals surface area contributed by atoms with E-state index in [-0.39, 0.29) is 0 Å². The van der Waals surface area contributed by atoms with E-state index >= 15 is 0 Å². The van der Waals surface area contributed by atoms with E-state index in [1.807, 2.05) is 18.2 Å². The monoisotopic (exact) mass is 294 g/mol. The van der Waals surface area contributed by atoms with Crippen LogP contribution >= 0.6 is 22.7 Å². The highest BCUT2D eigenvalue weighted by atomic mass is 32.1. The molecule has 2 heterocycles. The van der Waals surface area contributed by atoms with Crippen LogP contribution in [-0.4, -0.2) is 6.29 Å². The molecule has 4 rings (SSSR count). The molecule has 0 atom stereocenters. The molecule has 0 saturated heterocycles. The van der Waals surface area contributed by atoms with Crippen LogP contribution in [0.2, 0.25) is 0 Å². The van der Waals surface area contributed by atoms with Crippen LogP contribution in [-0.2, 0) is 0 Å². The van der Waals surface area contributed by atoms with Crippen LogP contribution in [0, 0.1) is 0 Å². The Bertz CT molecular complexity index is 930. The van der Waals surface area contributed by atoms with Gasteiger partial charge in [-0.15, -0.1) is 22.7 Å². The maximum absolute atomic E-state index is 11.4. The summed E-state index contributed by atoms with van der Waals surface area (Å²) in [5.74, 6) is 0. The fraction of sp³-hybridized carbons (Fsp3) is 0. The zero-order valence-corrected chi connectivity index (χ0v) is 12.1. The van der Waals surface area contributed by atoms with Gasteiger partial charge in [0.1, 0.15) is 0 Å². The molecule has 4 aromatic rings. The summed E-state index contributed by atoms with van der Waals surface area (Å²) in [6.45, 7) is 0. The molecule has 0 aliphatic rings. The molecule has 0 fully saturated rings. The molecule has 0 saturated carbocycles. The van der Waals surface area contributed by atoms with Gasteiger partial charge in [0.15, 0.2) is 6.29 Å². The third kappa shape index (κ3) is 1.64. The highest BCUT2D eigenvalue weighted by molar-refractivity contribution is 7.21. The smallest absolute Gasteiger partial charge is 0.160 e. The Morgan fingerprint density at radius 1 is 0.850 bits per heavy atom. The lowest BCUT2D eigenvalue weighted by molar-refractivity contribution is 0.112. The molecule has 0 amide bonds. The number of hydrogen-bond acceptors (Lipinski definition) is 3. The Hall–Kier alpha value is -1.97. The largest absolute Gasteiger partial charge is 0.297 e. The number of carbonyl (C=O) groups is 1. The van der Waals surface area contributed by atoms with Crippen molar-refractivity contribution < 1.29 is 4.79 Å². The predicted octanol–water partition coefficient (Wildman–Crippen LogP) is 5.60. The first-order valence-corrected chi connectivity index (χ1v) is 8.01. The quantitative estimate of drug-likeness (QED) is 0.440. The van der Waals surface area contributed by atoms with Crippen molar-refractivity contribution >= 4 is 49.1 Å². The average molecular weight is 294 g/mol. The summed E-state index contributed by atoms with van der Waals surface area (Å²) >= 11 is 3.30. The number of aldehydes is 1. The molecule has 0 unspecified atom stereocenters. The average Bonchev–Trinajstić information content (AvgIpc) is 3.07. The molecule has 0 radical (unpaired) electrons. The second-order valence-corrected chi connectivity index (χ2v) is 6.60. The molecule has 20 heavy (non-hydrogen) atoms. The van der Waals surface area contributed by atoms with Crippen molar-refractivity contribution in [2.45, 2.75) is 0 Å². The first-order valence-electron chi connectivity index (χ1n) is 6.32. The van der Waals surface area contributed by atoms with Gasteiger partial charge in [-0.1, -0.05) is 36.4 Å². The molecular weight excluding hydrogens is 284 g/mol. The molecule has 0 bridgehead atoms. The van der Waals surface area contributed by atoms with Crippen LogP contribution in [0.4, 0.5) is 0 Å². The Labute approximate surface area is 124 Å². The van der Waals surface area contributed by atoms with Gasteiger partial charge in [-0.25, -0.2) is 0 Å². The summed E-state index contributed by atoms with van der Waals surface area (Å²) in [7, 11) is 0. The predicted molar refractivity (Wildman–Crippen MR) is 88.0 cm³/mol. The van der Waals surface area contributed by atoms with Gasteiger partial charge in [0.25, 0.3) is 0 Å². The highest BCUT2D eigenvalue weighted by Crippen LogP contribution is 2.42. The van der Waals surface area contributed by atoms with E-state index in [9.17, 15) is 4.79 Å². The van der Waals surface area contributed by atoms with Gasteiger partial charge in [0.05, 0.1) is 4.88 Å². The minimum atomic E-state index is 0.815. The van der Waals surface area contributed by atoms with Crippen molar-refractivity contribution in [1.82, 2.24) is 0 Å². The lowest BCUT2D eigenvalue weighted by atomic mass is 10.0. The summed E-state index contributed by atoms with van der Waals surface area (Å²) in [4.78, 5) is 12.3. The molecular formula is C17H10OS2. The molecule has 0 aliphatic carbocycles. The second-order valence-electron chi connectivity index (χ2n) is 4.60. The van der Waals surface area contributed by atoms with Crippen molar-refractivity contribution in [2.75, 3.05) is 0 Å². The summed E-state index contributed by atoms with van der Waals surface area (Å²) in [6, 6.07) is 16.6. The topological polar surface area (TPSA) is 17.1 Å². The van der Waals surface area contributed by atoms with Crippen LogP contribution in [0.15, 0.2) is 53.9 Å². The van der Waals surface area contributed by atoms with Crippen LogP contribution in [0.1, 0.15) is 9.67 Å². The van der Waals surface area contributed by atoms with E-state index in [0.29, 0.717) is 0 Å². The van der Waals surface area contributed by atoms with E-state index in [2.05, 4.69) is 35.7 Å². The number of hydrogen-bond donors (Lipinski definition) is 0. The first kappa shape index (κ1) is 11.8. The molecule has 3 heteroatoms. The Morgan fingerprint density at radius 2 is 1.55 bits per heavy atom. The Kier molecular flexibility index (Phi) is 2.69. The van der Waals surface area contributed by atoms with Gasteiger partial charge < -0.3 is 0 Å². The van der Waals surface area contributed by atoms with Crippen molar-refractivity contribution in [3.63, 3.8) is 0 Å². The van der Waals surface area contributed by atoms with Gasteiger partial charge in [0, 0.05) is 31.3 Å². The SMILES string of the molecule is O=Cc1sc2ccccc2c1-c1csc2ccccc12. The third-order valence-corrected chi connectivity index (χ3v) is 5.54. The first-order chi connectivity index (χ1) is 9.88. The molecule has 96 valence electrons. The fourth-order valence-corrected chi connectivity index (χ4v) is 4.58. The van der Waals surface area contributed by atoms with Gasteiger partial charge in [-0.3, -0.25) is 4.79 Å². The lowest BCUT2D eigenvalue weighted by Gasteiger charge is -2.00. The van der Waals surface area contributed by atoms with Gasteiger partial charge in [-0.2, -0.15) is 0 Å². The molecule has 0 aliphatic heterocycles. The number of benzene rings is 2. The van der Waals surface area contributed by atoms with E-state index in [4.69, 9.17) is 0 Å². The van der Waals surface area contributed by atoms with Gasteiger partial charge >= 0.3 is 0 Å². The number of thiophene rings is 2. The van der Waals surface area contributed by atoms with Crippen molar-refractivity contribution in [3.05, 3.63) is 58.8 Å². The maximum atomic E-state index is 11.4. The zero-order chi connectivity index (χ0) is 13.5. The van der Waals surface area contributed by atoms with E-state index in [1.165, 1.54) is 25.7 Å². The molecule has 0 spiro atoms. The van der Waals surface area contributed by atoms with E-state index < -0.39 is 0 Å². The minimum absolute atomic E-state index is 0.815. The summed E-state index contributed by atoms with van der Waals surface area (Å²) < 4.78 is 2.43. The van der Waals surface area contributed by atoms with E-state index in [0.717, 1.165) is 16.7 Å². The number of fused-ring (bicyclic) bond motifs is 2. The number of carbonyl (C=O) groups excluding carboxylic acids is 1. The summed E-state index contributed by atoms with van der Waals surface area (Å²) in [5.41, 5.74) is 2.25. The van der Waals surface area contributed by atoms with Crippen molar-refractivity contribution in [2.24, 2.45) is 0 Å². The van der Waals surface area contributed by atoms with Crippen LogP contribution in [0.25, 0.3) is 31.3 Å². The second kappa shape index (κ2) is 4.54. The van der Waals surface area contributed by atoms with Crippen molar-refractivity contribution in [1.29, 1.82) is 0 Å².